The number of nitrogens with two attached hydrogens (primary N) is 1. The summed E-state index contributed by atoms with van der Waals surface area (Å²) in [7, 11) is 0. The van der Waals surface area contributed by atoms with E-state index >= 15 is 0 Å². The number of halogens is 1. The van der Waals surface area contributed by atoms with Crippen LogP contribution in [0.5, 0.6) is 0 Å². The van der Waals surface area contributed by atoms with Crippen LogP contribution in [0.1, 0.15) is 37.4 Å². The minimum absolute atomic E-state index is 0.0356. The molecule has 2 aromatic rings. The molecule has 1 aliphatic heterocycles. The first-order valence-corrected chi connectivity index (χ1v) is 9.86. The molecule has 0 spiro atoms. The minimum atomic E-state index is -1.18. The van der Waals surface area contributed by atoms with Crippen LogP contribution in [0.2, 0.25) is 5.02 Å². The van der Waals surface area contributed by atoms with Crippen LogP contribution in [0.3, 0.4) is 0 Å². The fourth-order valence-electron chi connectivity index (χ4n) is 3.46. The van der Waals surface area contributed by atoms with Gasteiger partial charge in [0, 0.05) is 10.6 Å². The van der Waals surface area contributed by atoms with E-state index in [0.717, 1.165) is 10.6 Å². The minimum Gasteiger partial charge on any atom is -0.332 e. The quantitative estimate of drug-likeness (QED) is 0.602. The first kappa shape index (κ1) is 20.8. The summed E-state index contributed by atoms with van der Waals surface area (Å²) in [5.41, 5.74) is 2.83. The lowest BCUT2D eigenvalue weighted by Gasteiger charge is -2.25. The zero-order valence-corrected chi connectivity index (χ0v) is 17.1. The first-order chi connectivity index (χ1) is 13.9. The van der Waals surface area contributed by atoms with Gasteiger partial charge in [-0.15, -0.1) is 0 Å². The average molecular weight is 416 g/mol. The molecule has 0 saturated carbocycles. The van der Waals surface area contributed by atoms with E-state index in [1.807, 2.05) is 38.1 Å². The van der Waals surface area contributed by atoms with Crippen LogP contribution in [-0.4, -0.2) is 29.4 Å². The van der Waals surface area contributed by atoms with E-state index in [4.69, 9.17) is 11.6 Å². The summed E-state index contributed by atoms with van der Waals surface area (Å²) in [5.74, 6) is -0.948. The second-order valence-corrected chi connectivity index (χ2v) is 7.39. The molecule has 152 valence electrons. The second kappa shape index (κ2) is 8.63. The second-order valence-electron chi connectivity index (χ2n) is 6.98. The van der Waals surface area contributed by atoms with Crippen molar-refractivity contribution < 1.29 is 19.7 Å². The van der Waals surface area contributed by atoms with Crippen molar-refractivity contribution in [1.29, 1.82) is 0 Å². The van der Waals surface area contributed by atoms with E-state index in [-0.39, 0.29) is 12.6 Å². The van der Waals surface area contributed by atoms with E-state index in [2.05, 4.69) is 10.7 Å². The number of amides is 4. The first-order valence-electron chi connectivity index (χ1n) is 9.48. The zero-order chi connectivity index (χ0) is 21.0. The number of urea groups is 1. The van der Waals surface area contributed by atoms with Crippen molar-refractivity contribution in [2.75, 3.05) is 6.54 Å². The highest BCUT2D eigenvalue weighted by Gasteiger charge is 2.52. The van der Waals surface area contributed by atoms with Gasteiger partial charge in [0.15, 0.2) is 6.54 Å². The Hall–Kier alpha value is -2.90. The molecule has 0 aromatic heterocycles. The molecule has 0 aliphatic carbocycles. The number of rotatable bonds is 7. The van der Waals surface area contributed by atoms with Crippen molar-refractivity contribution in [3.05, 3.63) is 70.7 Å². The van der Waals surface area contributed by atoms with Gasteiger partial charge in [0.1, 0.15) is 11.6 Å². The Morgan fingerprint density at radius 1 is 1.17 bits per heavy atom. The molecule has 29 heavy (non-hydrogen) atoms. The molecule has 4 amide bonds. The number of carbonyl (C=O) groups is 3. The maximum atomic E-state index is 13.0. The van der Waals surface area contributed by atoms with Crippen LogP contribution in [0.4, 0.5) is 4.79 Å². The van der Waals surface area contributed by atoms with Crippen LogP contribution >= 0.6 is 11.6 Å². The van der Waals surface area contributed by atoms with E-state index < -0.39 is 23.4 Å². The molecule has 7 nitrogen and oxygen atoms in total. The third kappa shape index (κ3) is 4.11. The molecule has 8 heteroatoms. The van der Waals surface area contributed by atoms with Gasteiger partial charge in [0.2, 0.25) is 0 Å². The van der Waals surface area contributed by atoms with Gasteiger partial charge in [-0.2, -0.15) is 5.01 Å². The SMILES string of the molecule is CC[C@]1(c2ccccc2)NC(=O)N(NC(=O)C[NH2+][C@H](C)c2ccccc2Cl)C1=O. The van der Waals surface area contributed by atoms with Gasteiger partial charge in [0.05, 0.1) is 0 Å². The van der Waals surface area contributed by atoms with Gasteiger partial charge in [0.25, 0.3) is 11.8 Å². The Morgan fingerprint density at radius 2 is 1.83 bits per heavy atom. The maximum absolute atomic E-state index is 13.0. The Balaban J connectivity index is 1.65. The molecule has 2 atom stereocenters. The van der Waals surface area contributed by atoms with Crippen LogP contribution in [-0.2, 0) is 15.1 Å². The molecule has 3 rings (SSSR count). The van der Waals surface area contributed by atoms with Gasteiger partial charge >= 0.3 is 6.03 Å². The normalized spacial score (nSPS) is 19.8. The van der Waals surface area contributed by atoms with Crippen LogP contribution in [0.25, 0.3) is 0 Å². The molecule has 0 bridgehead atoms. The molecule has 1 aliphatic rings. The maximum Gasteiger partial charge on any atom is 0.344 e. The van der Waals surface area contributed by atoms with Gasteiger partial charge in [-0.25, -0.2) is 4.79 Å². The summed E-state index contributed by atoms with van der Waals surface area (Å²) in [6.45, 7) is 3.78. The summed E-state index contributed by atoms with van der Waals surface area (Å²) >= 11 is 6.19. The Kier molecular flexibility index (Phi) is 6.20. The van der Waals surface area contributed by atoms with Gasteiger partial charge in [-0.1, -0.05) is 67.1 Å². The third-order valence-electron chi connectivity index (χ3n) is 5.18. The van der Waals surface area contributed by atoms with Crippen molar-refractivity contribution in [1.82, 2.24) is 15.8 Å². The highest BCUT2D eigenvalue weighted by molar-refractivity contribution is 6.31. The summed E-state index contributed by atoms with van der Waals surface area (Å²) in [5, 5.41) is 5.92. The van der Waals surface area contributed by atoms with E-state index in [0.29, 0.717) is 17.0 Å². The predicted octanol–water partition coefficient (Wildman–Crippen LogP) is 1.85. The molecule has 4 N–H and O–H groups in total. The van der Waals surface area contributed by atoms with Gasteiger partial charge in [-0.05, 0) is 25.0 Å². The topological polar surface area (TPSA) is 95.1 Å². The van der Waals surface area contributed by atoms with E-state index in [9.17, 15) is 14.4 Å². The lowest BCUT2D eigenvalue weighted by molar-refractivity contribution is -0.682. The monoisotopic (exact) mass is 415 g/mol. The molecule has 0 unspecified atom stereocenters. The third-order valence-corrected chi connectivity index (χ3v) is 5.52. The number of quaternary nitrogens is 1. The number of carbonyl (C=O) groups excluding carboxylic acids is 3. The molecule has 1 heterocycles. The number of imide groups is 1. The number of benzene rings is 2. The molecule has 1 saturated heterocycles. The molecular formula is C21H24ClN4O3+. The van der Waals surface area contributed by atoms with Gasteiger partial charge < -0.3 is 10.6 Å². The molecule has 2 aromatic carbocycles. The standard InChI is InChI=1S/C21H23ClN4O3/c1-3-21(15-9-5-4-6-10-15)19(28)26(20(29)24-21)25-18(27)13-23-14(2)16-11-7-8-12-17(16)22/h4-12,14,23H,3,13H2,1-2H3,(H,24,29)(H,25,27)/p+1/t14-,21-/m1/s1. The number of hydrazine groups is 1. The Morgan fingerprint density at radius 3 is 2.48 bits per heavy atom. The fraction of sp³-hybridized carbons (Fsp3) is 0.286. The Labute approximate surface area is 174 Å². The predicted molar refractivity (Wildman–Crippen MR) is 109 cm³/mol. The van der Waals surface area contributed by atoms with Crippen molar-refractivity contribution in [3.8, 4) is 0 Å². The summed E-state index contributed by atoms with van der Waals surface area (Å²) < 4.78 is 0. The lowest BCUT2D eigenvalue weighted by Crippen LogP contribution is -2.87. The lowest BCUT2D eigenvalue weighted by atomic mass is 9.87. The molecule has 1 fully saturated rings. The van der Waals surface area contributed by atoms with Crippen molar-refractivity contribution in [3.63, 3.8) is 0 Å². The van der Waals surface area contributed by atoms with Crippen LogP contribution in [0.15, 0.2) is 54.6 Å². The van der Waals surface area contributed by atoms with Crippen molar-refractivity contribution in [2.45, 2.75) is 31.8 Å². The van der Waals surface area contributed by atoms with Crippen molar-refractivity contribution in [2.24, 2.45) is 0 Å². The Bertz CT molecular complexity index is 921. The number of hydrogen-bond acceptors (Lipinski definition) is 3. The fourth-order valence-corrected chi connectivity index (χ4v) is 3.77. The van der Waals surface area contributed by atoms with E-state index in [1.54, 1.807) is 35.6 Å². The van der Waals surface area contributed by atoms with Crippen molar-refractivity contribution >= 4 is 29.4 Å². The van der Waals surface area contributed by atoms with Crippen LogP contribution in [0, 0.1) is 0 Å². The number of nitrogens with zero attached hydrogens (tertiary/aromatic N) is 1. The molecule has 0 radical (unpaired) electrons. The smallest absolute Gasteiger partial charge is 0.332 e. The van der Waals surface area contributed by atoms with E-state index in [1.165, 1.54) is 0 Å². The summed E-state index contributed by atoms with van der Waals surface area (Å²) in [6.07, 6.45) is 0.365. The highest BCUT2D eigenvalue weighted by atomic mass is 35.5. The highest BCUT2D eigenvalue weighted by Crippen LogP contribution is 2.31. The van der Waals surface area contributed by atoms with Crippen LogP contribution < -0.4 is 16.1 Å². The largest absolute Gasteiger partial charge is 0.344 e. The van der Waals surface area contributed by atoms with Gasteiger partial charge in [-0.3, -0.25) is 15.0 Å². The number of nitrogens with one attached hydrogen (secondary N) is 2. The average Bonchev–Trinajstić information content (AvgIpc) is 2.98. The zero-order valence-electron chi connectivity index (χ0n) is 16.3. The molecular weight excluding hydrogens is 392 g/mol. The summed E-state index contributed by atoms with van der Waals surface area (Å²) in [4.78, 5) is 37.8. The summed E-state index contributed by atoms with van der Waals surface area (Å²) in [6, 6.07) is 15.7. The number of hydrogen-bond donors (Lipinski definition) is 3.